The maximum Gasteiger partial charge on any atom is 0.236 e. The highest BCUT2D eigenvalue weighted by molar-refractivity contribution is 5.81. The Kier molecular flexibility index (Phi) is 2.05. The van der Waals surface area contributed by atoms with Crippen LogP contribution in [0.3, 0.4) is 0 Å². The van der Waals surface area contributed by atoms with Gasteiger partial charge in [0.15, 0.2) is 0 Å². The number of carbonyl (C=O) groups excluding carboxylic acids is 1. The molecular formula is C6H12N2O. The van der Waals surface area contributed by atoms with Crippen LogP contribution in [0.15, 0.2) is 0 Å². The monoisotopic (exact) mass is 128 g/mol. The first-order chi connectivity index (χ1) is 4.30. The van der Waals surface area contributed by atoms with Gasteiger partial charge in [0.25, 0.3) is 0 Å². The molecule has 9 heavy (non-hydrogen) atoms. The first-order valence-corrected chi connectivity index (χ1v) is 3.32. The predicted octanol–water partition coefficient (Wildman–Crippen LogP) is -0.516. The van der Waals surface area contributed by atoms with E-state index in [1.807, 2.05) is 6.92 Å². The van der Waals surface area contributed by atoms with E-state index in [0.717, 1.165) is 19.5 Å². The first kappa shape index (κ1) is 6.55. The molecule has 0 unspecified atom stereocenters. The van der Waals surface area contributed by atoms with Crippen LogP contribution in [0.25, 0.3) is 0 Å². The Hall–Kier alpha value is -0.570. The fraction of sp³-hybridized carbons (Fsp3) is 0.833. The molecule has 0 radical (unpaired) electrons. The van der Waals surface area contributed by atoms with Crippen LogP contribution >= 0.6 is 0 Å². The van der Waals surface area contributed by atoms with Crippen molar-refractivity contribution in [1.29, 1.82) is 0 Å². The minimum atomic E-state index is -0.00694. The number of rotatable bonds is 0. The van der Waals surface area contributed by atoms with Crippen molar-refractivity contribution < 1.29 is 4.79 Å². The Morgan fingerprint density at radius 1 is 1.56 bits per heavy atom. The van der Waals surface area contributed by atoms with Gasteiger partial charge in [-0.15, -0.1) is 0 Å². The molecule has 0 aromatic rings. The molecule has 1 atom stereocenters. The molecule has 2 N–H and O–H groups in total. The molecule has 0 aromatic carbocycles. The van der Waals surface area contributed by atoms with Crippen LogP contribution in [-0.4, -0.2) is 25.0 Å². The zero-order valence-electron chi connectivity index (χ0n) is 5.61. The Balaban J connectivity index is 2.41. The third-order valence-electron chi connectivity index (χ3n) is 1.50. The van der Waals surface area contributed by atoms with E-state index in [1.54, 1.807) is 0 Å². The zero-order valence-corrected chi connectivity index (χ0v) is 5.61. The van der Waals surface area contributed by atoms with Gasteiger partial charge in [-0.25, -0.2) is 0 Å². The fourth-order valence-electron chi connectivity index (χ4n) is 0.864. The molecule has 1 rings (SSSR count). The van der Waals surface area contributed by atoms with Crippen molar-refractivity contribution in [2.75, 3.05) is 13.1 Å². The van der Waals surface area contributed by atoms with E-state index in [1.165, 1.54) is 0 Å². The topological polar surface area (TPSA) is 41.1 Å². The molecule has 3 nitrogen and oxygen atoms in total. The molecule has 0 aliphatic carbocycles. The summed E-state index contributed by atoms with van der Waals surface area (Å²) in [7, 11) is 0. The van der Waals surface area contributed by atoms with Crippen molar-refractivity contribution in [3.05, 3.63) is 0 Å². The number of amides is 1. The maximum atomic E-state index is 10.8. The summed E-state index contributed by atoms with van der Waals surface area (Å²) < 4.78 is 0. The van der Waals surface area contributed by atoms with Crippen LogP contribution in [0.5, 0.6) is 0 Å². The van der Waals surface area contributed by atoms with Gasteiger partial charge in [0.05, 0.1) is 6.04 Å². The lowest BCUT2D eigenvalue weighted by Gasteiger charge is -2.05. The van der Waals surface area contributed by atoms with E-state index in [2.05, 4.69) is 10.6 Å². The van der Waals surface area contributed by atoms with Crippen LogP contribution in [0, 0.1) is 0 Å². The Bertz CT molecular complexity index is 114. The van der Waals surface area contributed by atoms with E-state index in [0.29, 0.717) is 0 Å². The second kappa shape index (κ2) is 2.82. The van der Waals surface area contributed by atoms with Crippen LogP contribution < -0.4 is 10.6 Å². The quantitative estimate of drug-likeness (QED) is 0.461. The van der Waals surface area contributed by atoms with Gasteiger partial charge >= 0.3 is 0 Å². The summed E-state index contributed by atoms with van der Waals surface area (Å²) in [5.74, 6) is 0.118. The normalized spacial score (nSPS) is 29.0. The van der Waals surface area contributed by atoms with E-state index >= 15 is 0 Å². The lowest BCUT2D eigenvalue weighted by atomic mass is 10.3. The third-order valence-corrected chi connectivity index (χ3v) is 1.50. The molecule has 0 spiro atoms. The van der Waals surface area contributed by atoms with Crippen molar-refractivity contribution in [3.63, 3.8) is 0 Å². The first-order valence-electron chi connectivity index (χ1n) is 3.32. The van der Waals surface area contributed by atoms with Crippen molar-refractivity contribution >= 4 is 5.91 Å². The van der Waals surface area contributed by atoms with Gasteiger partial charge in [-0.3, -0.25) is 4.79 Å². The minimum absolute atomic E-state index is 0.00694. The standard InChI is InChI=1S/C6H12N2O/c1-5-6(9)8-4-2-3-7-5/h5,7H,2-4H2,1H3,(H,8,9)/t5-/m1/s1. The van der Waals surface area contributed by atoms with Crippen molar-refractivity contribution in [1.82, 2.24) is 10.6 Å². The second-order valence-electron chi connectivity index (χ2n) is 2.32. The molecule has 1 heterocycles. The largest absolute Gasteiger partial charge is 0.355 e. The smallest absolute Gasteiger partial charge is 0.236 e. The Morgan fingerprint density at radius 3 is 3.11 bits per heavy atom. The number of hydrogen-bond acceptors (Lipinski definition) is 2. The van der Waals surface area contributed by atoms with E-state index < -0.39 is 0 Å². The van der Waals surface area contributed by atoms with E-state index in [9.17, 15) is 4.79 Å². The molecule has 1 fully saturated rings. The molecule has 1 aliphatic rings. The van der Waals surface area contributed by atoms with Gasteiger partial charge in [-0.2, -0.15) is 0 Å². The average molecular weight is 128 g/mol. The summed E-state index contributed by atoms with van der Waals surface area (Å²) in [4.78, 5) is 10.8. The van der Waals surface area contributed by atoms with E-state index in [-0.39, 0.29) is 11.9 Å². The van der Waals surface area contributed by atoms with Crippen molar-refractivity contribution in [2.24, 2.45) is 0 Å². The van der Waals surface area contributed by atoms with Crippen LogP contribution in [0.2, 0.25) is 0 Å². The highest BCUT2D eigenvalue weighted by atomic mass is 16.2. The van der Waals surface area contributed by atoms with Gasteiger partial charge in [-0.05, 0) is 19.9 Å². The summed E-state index contributed by atoms with van der Waals surface area (Å²) in [5.41, 5.74) is 0. The predicted molar refractivity (Wildman–Crippen MR) is 35.1 cm³/mol. The van der Waals surface area contributed by atoms with Gasteiger partial charge < -0.3 is 10.6 Å². The molecule has 3 heteroatoms. The minimum Gasteiger partial charge on any atom is -0.355 e. The molecule has 1 aliphatic heterocycles. The zero-order chi connectivity index (χ0) is 6.69. The maximum absolute atomic E-state index is 10.8. The summed E-state index contributed by atoms with van der Waals surface area (Å²) in [6.07, 6.45) is 1.04. The van der Waals surface area contributed by atoms with Crippen molar-refractivity contribution in [3.8, 4) is 0 Å². The number of hydrogen-bond donors (Lipinski definition) is 2. The number of carbonyl (C=O) groups is 1. The molecule has 0 saturated carbocycles. The van der Waals surface area contributed by atoms with Crippen LogP contribution in [0.4, 0.5) is 0 Å². The molecule has 1 saturated heterocycles. The van der Waals surface area contributed by atoms with Gasteiger partial charge in [0.2, 0.25) is 5.91 Å². The van der Waals surface area contributed by atoms with Gasteiger partial charge in [-0.1, -0.05) is 0 Å². The molecule has 52 valence electrons. The van der Waals surface area contributed by atoms with Crippen LogP contribution in [-0.2, 0) is 4.79 Å². The number of nitrogens with one attached hydrogen (secondary N) is 2. The molecule has 0 aromatic heterocycles. The second-order valence-corrected chi connectivity index (χ2v) is 2.32. The van der Waals surface area contributed by atoms with Gasteiger partial charge in [0, 0.05) is 6.54 Å². The molecule has 0 bridgehead atoms. The summed E-state index contributed by atoms with van der Waals surface area (Å²) in [5, 5.41) is 5.88. The van der Waals surface area contributed by atoms with Crippen LogP contribution in [0.1, 0.15) is 13.3 Å². The lowest BCUT2D eigenvalue weighted by Crippen LogP contribution is -2.38. The highest BCUT2D eigenvalue weighted by Gasteiger charge is 2.13. The SMILES string of the molecule is C[C@H]1NCCCNC1=O. The molecular weight excluding hydrogens is 116 g/mol. The highest BCUT2D eigenvalue weighted by Crippen LogP contribution is 1.87. The average Bonchev–Trinajstić information content (AvgIpc) is 1.99. The summed E-state index contributed by atoms with van der Waals surface area (Å²) in [6, 6.07) is -0.00694. The Labute approximate surface area is 54.8 Å². The summed E-state index contributed by atoms with van der Waals surface area (Å²) in [6.45, 7) is 3.64. The Morgan fingerprint density at radius 2 is 2.33 bits per heavy atom. The lowest BCUT2D eigenvalue weighted by molar-refractivity contribution is -0.122. The van der Waals surface area contributed by atoms with Gasteiger partial charge in [0.1, 0.15) is 0 Å². The molecule has 1 amide bonds. The van der Waals surface area contributed by atoms with Crippen molar-refractivity contribution in [2.45, 2.75) is 19.4 Å². The summed E-state index contributed by atoms with van der Waals surface area (Å²) >= 11 is 0. The third kappa shape index (κ3) is 1.68. The van der Waals surface area contributed by atoms with E-state index in [4.69, 9.17) is 0 Å². The fourth-order valence-corrected chi connectivity index (χ4v) is 0.864.